The molecule has 0 spiro atoms. The van der Waals surface area contributed by atoms with E-state index in [1.165, 1.54) is 4.88 Å². The summed E-state index contributed by atoms with van der Waals surface area (Å²) < 4.78 is 5.39. The first-order valence-electron chi connectivity index (χ1n) is 6.21. The number of allylic oxidation sites excluding steroid dienone is 1. The first-order valence-corrected chi connectivity index (χ1v) is 7.08. The summed E-state index contributed by atoms with van der Waals surface area (Å²) in [4.78, 5) is 9.56. The number of carbonyl (C=O) groups is 1. The van der Waals surface area contributed by atoms with Crippen molar-refractivity contribution < 1.29 is 14.6 Å². The van der Waals surface area contributed by atoms with E-state index in [4.69, 9.17) is 14.6 Å². The van der Waals surface area contributed by atoms with E-state index >= 15 is 0 Å². The van der Waals surface area contributed by atoms with Gasteiger partial charge in [-0.1, -0.05) is 33.8 Å². The smallest absolute Gasteiger partial charge is 0.290 e. The van der Waals surface area contributed by atoms with Gasteiger partial charge in [0.2, 0.25) is 0 Å². The lowest BCUT2D eigenvalue weighted by Crippen LogP contribution is -1.89. The Morgan fingerprint density at radius 3 is 2.22 bits per heavy atom. The van der Waals surface area contributed by atoms with Crippen LogP contribution in [0.4, 0.5) is 0 Å². The number of rotatable bonds is 3. The summed E-state index contributed by atoms with van der Waals surface area (Å²) >= 11 is 1.70. The molecule has 1 aromatic heterocycles. The lowest BCUT2D eigenvalue weighted by molar-refractivity contribution is -0.122. The highest BCUT2D eigenvalue weighted by Crippen LogP contribution is 2.25. The van der Waals surface area contributed by atoms with E-state index in [0.29, 0.717) is 0 Å². The van der Waals surface area contributed by atoms with Gasteiger partial charge in [-0.2, -0.15) is 0 Å². The molecule has 0 fully saturated rings. The summed E-state index contributed by atoms with van der Waals surface area (Å²) in [5.41, 5.74) is 0. The highest BCUT2D eigenvalue weighted by Gasteiger charge is 1.99. The Hall–Kier alpha value is -1.29. The number of ether oxygens (including phenoxy) is 1. The maximum absolute atomic E-state index is 8.36. The van der Waals surface area contributed by atoms with Gasteiger partial charge in [-0.3, -0.25) is 4.79 Å². The Morgan fingerprint density at radius 2 is 1.83 bits per heavy atom. The molecule has 0 aliphatic rings. The highest BCUT2D eigenvalue weighted by molar-refractivity contribution is 7.11. The molecule has 0 bridgehead atoms. The van der Waals surface area contributed by atoms with E-state index in [-0.39, 0.29) is 6.47 Å². The minimum atomic E-state index is -0.250. The van der Waals surface area contributed by atoms with Gasteiger partial charge < -0.3 is 9.84 Å². The molecule has 0 atom stereocenters. The zero-order chi connectivity index (χ0) is 14.8. The van der Waals surface area contributed by atoms with Crippen molar-refractivity contribution in [3.05, 3.63) is 22.4 Å². The van der Waals surface area contributed by atoms with Gasteiger partial charge in [0, 0.05) is 0 Å². The molecule has 106 valence electrons. The van der Waals surface area contributed by atoms with Crippen molar-refractivity contribution in [3.63, 3.8) is 0 Å². The van der Waals surface area contributed by atoms with E-state index in [1.807, 2.05) is 59.1 Å². The zero-order valence-electron chi connectivity index (χ0n) is 12.3. The SMILES string of the molecule is C/C=C/c1sccc1OCC.CC.CC.O=CO. The summed E-state index contributed by atoms with van der Waals surface area (Å²) in [7, 11) is 0. The predicted molar refractivity (Wildman–Crippen MR) is 81.6 cm³/mol. The van der Waals surface area contributed by atoms with Crippen molar-refractivity contribution in [3.8, 4) is 5.75 Å². The van der Waals surface area contributed by atoms with Gasteiger partial charge >= 0.3 is 0 Å². The Labute approximate surface area is 115 Å². The second-order valence-electron chi connectivity index (χ2n) is 2.19. The van der Waals surface area contributed by atoms with Crippen molar-refractivity contribution in [1.82, 2.24) is 0 Å². The molecule has 1 heterocycles. The largest absolute Gasteiger partial charge is 0.492 e. The third kappa shape index (κ3) is 12.8. The van der Waals surface area contributed by atoms with Gasteiger partial charge in [0.05, 0.1) is 11.5 Å². The van der Waals surface area contributed by atoms with E-state index in [0.717, 1.165) is 12.4 Å². The fourth-order valence-electron chi connectivity index (χ4n) is 0.857. The van der Waals surface area contributed by atoms with Gasteiger partial charge in [0.25, 0.3) is 6.47 Å². The maximum atomic E-state index is 8.36. The molecule has 1 aromatic rings. The van der Waals surface area contributed by atoms with Gasteiger partial charge in [0.1, 0.15) is 5.75 Å². The van der Waals surface area contributed by atoms with Crippen LogP contribution in [0.2, 0.25) is 0 Å². The normalized spacial score (nSPS) is 7.89. The lowest BCUT2D eigenvalue weighted by Gasteiger charge is -1.99. The van der Waals surface area contributed by atoms with Crippen molar-refractivity contribution in [2.45, 2.75) is 41.5 Å². The molecule has 1 rings (SSSR count). The van der Waals surface area contributed by atoms with E-state index in [2.05, 4.69) is 6.08 Å². The Kier molecular flexibility index (Phi) is 25.7. The van der Waals surface area contributed by atoms with Gasteiger partial charge in [0.15, 0.2) is 0 Å². The van der Waals surface area contributed by atoms with Crippen LogP contribution in [0.15, 0.2) is 17.5 Å². The summed E-state index contributed by atoms with van der Waals surface area (Å²) in [5.74, 6) is 0.996. The van der Waals surface area contributed by atoms with Crippen LogP contribution in [-0.2, 0) is 4.79 Å². The highest BCUT2D eigenvalue weighted by atomic mass is 32.1. The summed E-state index contributed by atoms with van der Waals surface area (Å²) in [6, 6.07) is 2.00. The van der Waals surface area contributed by atoms with Crippen molar-refractivity contribution in [2.75, 3.05) is 6.61 Å². The number of thiophene rings is 1. The maximum Gasteiger partial charge on any atom is 0.290 e. The second kappa shape index (κ2) is 21.0. The number of hydrogen-bond donors (Lipinski definition) is 1. The first-order chi connectivity index (χ1) is 8.79. The number of hydrogen-bond acceptors (Lipinski definition) is 3. The third-order valence-corrected chi connectivity index (χ3v) is 2.14. The zero-order valence-corrected chi connectivity index (χ0v) is 13.1. The molecule has 0 unspecified atom stereocenters. The van der Waals surface area contributed by atoms with Crippen LogP contribution in [0.3, 0.4) is 0 Å². The van der Waals surface area contributed by atoms with Crippen LogP contribution in [-0.4, -0.2) is 18.2 Å². The van der Waals surface area contributed by atoms with Crippen molar-refractivity contribution in [1.29, 1.82) is 0 Å². The molecule has 4 heteroatoms. The van der Waals surface area contributed by atoms with Crippen LogP contribution < -0.4 is 4.74 Å². The van der Waals surface area contributed by atoms with Crippen molar-refractivity contribution >= 4 is 23.9 Å². The van der Waals surface area contributed by atoms with Gasteiger partial charge in [-0.15, -0.1) is 11.3 Å². The van der Waals surface area contributed by atoms with E-state index < -0.39 is 0 Å². The summed E-state index contributed by atoms with van der Waals surface area (Å²) in [6.45, 7) is 12.5. The Morgan fingerprint density at radius 1 is 1.33 bits per heavy atom. The number of carboxylic acid groups (broad SMARTS) is 1. The van der Waals surface area contributed by atoms with Crippen LogP contribution >= 0.6 is 11.3 Å². The molecule has 0 radical (unpaired) electrons. The average molecular weight is 274 g/mol. The Bertz CT molecular complexity index is 280. The third-order valence-electron chi connectivity index (χ3n) is 1.28. The molecular formula is C14H26O3S. The molecule has 0 aliphatic heterocycles. The second-order valence-corrected chi connectivity index (χ2v) is 3.14. The standard InChI is InChI=1S/C9H12OS.2C2H6.CH2O2/c1-3-5-9-8(10-4-2)6-7-11-9;2*1-2;2-1-3/h3,5-7H,4H2,1-2H3;2*1-2H3;1H,(H,2,3)/b5-3+;;;. The average Bonchev–Trinajstić information content (AvgIpc) is 2.84. The van der Waals surface area contributed by atoms with Gasteiger partial charge in [-0.05, 0) is 31.4 Å². The molecule has 0 saturated carbocycles. The minimum absolute atomic E-state index is 0.250. The topological polar surface area (TPSA) is 46.5 Å². The fourth-order valence-corrected chi connectivity index (χ4v) is 1.65. The summed E-state index contributed by atoms with van der Waals surface area (Å²) in [6.07, 6.45) is 4.09. The molecular weight excluding hydrogens is 248 g/mol. The molecule has 1 N–H and O–H groups in total. The molecule has 18 heavy (non-hydrogen) atoms. The van der Waals surface area contributed by atoms with Gasteiger partial charge in [-0.25, -0.2) is 0 Å². The van der Waals surface area contributed by atoms with E-state index in [1.54, 1.807) is 11.3 Å². The van der Waals surface area contributed by atoms with Crippen LogP contribution in [0, 0.1) is 0 Å². The molecule has 0 aliphatic carbocycles. The fraction of sp³-hybridized carbons (Fsp3) is 0.500. The lowest BCUT2D eigenvalue weighted by atomic mass is 10.4. The first kappa shape index (κ1) is 21.9. The monoisotopic (exact) mass is 274 g/mol. The van der Waals surface area contributed by atoms with Crippen LogP contribution in [0.25, 0.3) is 6.08 Å². The molecule has 3 nitrogen and oxygen atoms in total. The molecule has 0 amide bonds. The van der Waals surface area contributed by atoms with Crippen LogP contribution in [0.5, 0.6) is 5.75 Å². The van der Waals surface area contributed by atoms with Crippen LogP contribution in [0.1, 0.15) is 46.4 Å². The van der Waals surface area contributed by atoms with E-state index in [9.17, 15) is 0 Å². The molecule has 0 aromatic carbocycles. The predicted octanol–water partition coefficient (Wildman–Crippen LogP) is 4.93. The molecule has 0 saturated heterocycles. The Balaban J connectivity index is -0.000000274. The summed E-state index contributed by atoms with van der Waals surface area (Å²) in [5, 5.41) is 8.93. The quantitative estimate of drug-likeness (QED) is 0.795. The van der Waals surface area contributed by atoms with Crippen molar-refractivity contribution in [2.24, 2.45) is 0 Å². The minimum Gasteiger partial charge on any atom is -0.492 e.